The Morgan fingerprint density at radius 3 is 2.60 bits per heavy atom. The minimum Gasteiger partial charge on any atom is -0.390 e. The quantitative estimate of drug-likeness (QED) is 0.596. The number of hydrogen-bond donors (Lipinski definition) is 1. The van der Waals surface area contributed by atoms with Crippen LogP contribution < -0.4 is 0 Å². The highest BCUT2D eigenvalue weighted by molar-refractivity contribution is 4.74. The van der Waals surface area contributed by atoms with E-state index in [4.69, 9.17) is 4.74 Å². The van der Waals surface area contributed by atoms with Crippen molar-refractivity contribution in [2.45, 2.75) is 26.4 Å². The molecule has 1 saturated heterocycles. The molecule has 2 nitrogen and oxygen atoms in total. The first-order valence-electron chi connectivity index (χ1n) is 3.97. The van der Waals surface area contributed by atoms with E-state index in [1.807, 2.05) is 0 Å². The Morgan fingerprint density at radius 1 is 1.50 bits per heavy atom. The Labute approximate surface area is 62.2 Å². The fourth-order valence-corrected chi connectivity index (χ4v) is 1.52. The molecule has 0 bridgehead atoms. The van der Waals surface area contributed by atoms with E-state index in [9.17, 15) is 5.11 Å². The van der Waals surface area contributed by atoms with Gasteiger partial charge in [-0.1, -0.05) is 13.8 Å². The number of aliphatic hydroxyl groups is 1. The van der Waals surface area contributed by atoms with E-state index in [1.165, 1.54) is 0 Å². The summed E-state index contributed by atoms with van der Waals surface area (Å²) in [4.78, 5) is 0. The second kappa shape index (κ2) is 3.35. The summed E-state index contributed by atoms with van der Waals surface area (Å²) >= 11 is 0. The molecular weight excluding hydrogens is 128 g/mol. The number of ether oxygens (including phenoxy) is 1. The monoisotopic (exact) mass is 144 g/mol. The summed E-state index contributed by atoms with van der Waals surface area (Å²) in [6.07, 6.45) is 0.785. The molecule has 1 fully saturated rings. The maximum absolute atomic E-state index is 9.41. The molecule has 0 spiro atoms. The molecule has 0 aromatic carbocycles. The zero-order valence-electron chi connectivity index (χ0n) is 6.71. The highest BCUT2D eigenvalue weighted by Crippen LogP contribution is 2.23. The topological polar surface area (TPSA) is 29.5 Å². The molecule has 0 aliphatic carbocycles. The molecule has 0 aromatic rings. The molecule has 1 rings (SSSR count). The lowest BCUT2D eigenvalue weighted by atomic mass is 9.87. The van der Waals surface area contributed by atoms with Gasteiger partial charge in [-0.25, -0.2) is 0 Å². The van der Waals surface area contributed by atoms with Crippen LogP contribution in [-0.4, -0.2) is 24.4 Å². The Kier molecular flexibility index (Phi) is 2.69. The van der Waals surface area contributed by atoms with Crippen LogP contribution in [0.2, 0.25) is 0 Å². The van der Waals surface area contributed by atoms with E-state index in [-0.39, 0.29) is 6.10 Å². The number of rotatable bonds is 1. The largest absolute Gasteiger partial charge is 0.390 e. The normalized spacial score (nSPS) is 34.8. The summed E-state index contributed by atoms with van der Waals surface area (Å²) in [7, 11) is 0. The molecule has 1 aliphatic heterocycles. The van der Waals surface area contributed by atoms with Crippen LogP contribution in [0.15, 0.2) is 0 Å². The van der Waals surface area contributed by atoms with Gasteiger partial charge in [-0.15, -0.1) is 0 Å². The van der Waals surface area contributed by atoms with Crippen molar-refractivity contribution in [2.24, 2.45) is 11.8 Å². The Balaban J connectivity index is 2.40. The standard InChI is InChI=1S/C8H16O2/c1-6(2)7-3-4-10-5-8(7)9/h6-9H,3-5H2,1-2H3/t7-,8-/m1/s1. The molecule has 0 radical (unpaired) electrons. The molecular formula is C8H16O2. The summed E-state index contributed by atoms with van der Waals surface area (Å²) in [5.74, 6) is 1.03. The van der Waals surface area contributed by atoms with Gasteiger partial charge >= 0.3 is 0 Å². The third-order valence-corrected chi connectivity index (χ3v) is 2.23. The van der Waals surface area contributed by atoms with Crippen LogP contribution in [0.1, 0.15) is 20.3 Å². The lowest BCUT2D eigenvalue weighted by Crippen LogP contribution is -2.35. The van der Waals surface area contributed by atoms with Gasteiger partial charge in [0, 0.05) is 6.61 Å². The van der Waals surface area contributed by atoms with Crippen molar-refractivity contribution in [1.29, 1.82) is 0 Å². The van der Waals surface area contributed by atoms with E-state index in [0.29, 0.717) is 18.4 Å². The zero-order valence-corrected chi connectivity index (χ0v) is 6.71. The van der Waals surface area contributed by atoms with Gasteiger partial charge in [0.1, 0.15) is 0 Å². The van der Waals surface area contributed by atoms with Gasteiger partial charge in [-0.3, -0.25) is 0 Å². The zero-order chi connectivity index (χ0) is 7.56. The molecule has 10 heavy (non-hydrogen) atoms. The van der Waals surface area contributed by atoms with Crippen molar-refractivity contribution in [3.63, 3.8) is 0 Å². The molecule has 1 N–H and O–H groups in total. The maximum atomic E-state index is 9.41. The van der Waals surface area contributed by atoms with Gasteiger partial charge in [0.15, 0.2) is 0 Å². The third-order valence-electron chi connectivity index (χ3n) is 2.23. The van der Waals surface area contributed by atoms with Crippen molar-refractivity contribution in [1.82, 2.24) is 0 Å². The van der Waals surface area contributed by atoms with Crippen LogP contribution in [0.4, 0.5) is 0 Å². The van der Waals surface area contributed by atoms with E-state index in [1.54, 1.807) is 0 Å². The predicted molar refractivity (Wildman–Crippen MR) is 39.8 cm³/mol. The molecule has 1 heterocycles. The average Bonchev–Trinajstić information content (AvgIpc) is 1.88. The van der Waals surface area contributed by atoms with Crippen molar-refractivity contribution < 1.29 is 9.84 Å². The Morgan fingerprint density at radius 2 is 2.20 bits per heavy atom. The van der Waals surface area contributed by atoms with E-state index >= 15 is 0 Å². The van der Waals surface area contributed by atoms with Crippen molar-refractivity contribution in [3.05, 3.63) is 0 Å². The summed E-state index contributed by atoms with van der Waals surface area (Å²) in [5.41, 5.74) is 0. The second-order valence-electron chi connectivity index (χ2n) is 3.34. The lowest BCUT2D eigenvalue weighted by molar-refractivity contribution is -0.0572. The molecule has 0 unspecified atom stereocenters. The number of aliphatic hydroxyl groups excluding tert-OH is 1. The predicted octanol–water partition coefficient (Wildman–Crippen LogP) is 1.04. The molecule has 2 heteroatoms. The van der Waals surface area contributed by atoms with E-state index in [0.717, 1.165) is 13.0 Å². The van der Waals surface area contributed by atoms with Gasteiger partial charge in [0.25, 0.3) is 0 Å². The molecule has 0 amide bonds. The summed E-state index contributed by atoms with van der Waals surface area (Å²) in [5, 5.41) is 9.41. The third kappa shape index (κ3) is 1.70. The van der Waals surface area contributed by atoms with Crippen LogP contribution in [0.25, 0.3) is 0 Å². The molecule has 0 aromatic heterocycles. The first-order valence-corrected chi connectivity index (χ1v) is 3.97. The van der Waals surface area contributed by atoms with Crippen molar-refractivity contribution in [3.8, 4) is 0 Å². The van der Waals surface area contributed by atoms with Gasteiger partial charge in [0.2, 0.25) is 0 Å². The smallest absolute Gasteiger partial charge is 0.0805 e. The Bertz CT molecular complexity index is 101. The summed E-state index contributed by atoms with van der Waals surface area (Å²) in [6, 6.07) is 0. The second-order valence-corrected chi connectivity index (χ2v) is 3.34. The van der Waals surface area contributed by atoms with E-state index in [2.05, 4.69) is 13.8 Å². The molecule has 0 saturated carbocycles. The summed E-state index contributed by atoms with van der Waals surface area (Å²) < 4.78 is 5.11. The maximum Gasteiger partial charge on any atom is 0.0805 e. The molecule has 60 valence electrons. The van der Waals surface area contributed by atoms with Gasteiger partial charge in [0.05, 0.1) is 12.7 Å². The fourth-order valence-electron chi connectivity index (χ4n) is 1.52. The Hall–Kier alpha value is -0.0800. The summed E-state index contributed by atoms with van der Waals surface area (Å²) in [6.45, 7) is 5.65. The van der Waals surface area contributed by atoms with Gasteiger partial charge in [-0.05, 0) is 18.3 Å². The highest BCUT2D eigenvalue weighted by Gasteiger charge is 2.25. The van der Waals surface area contributed by atoms with Crippen LogP contribution in [0, 0.1) is 11.8 Å². The minimum absolute atomic E-state index is 0.228. The minimum atomic E-state index is -0.228. The SMILES string of the molecule is CC(C)[C@H]1CCOC[C@H]1O. The van der Waals surface area contributed by atoms with E-state index < -0.39 is 0 Å². The van der Waals surface area contributed by atoms with Gasteiger partial charge < -0.3 is 9.84 Å². The van der Waals surface area contributed by atoms with Gasteiger partial charge in [-0.2, -0.15) is 0 Å². The first-order chi connectivity index (χ1) is 4.72. The van der Waals surface area contributed by atoms with Crippen LogP contribution in [0.3, 0.4) is 0 Å². The fraction of sp³-hybridized carbons (Fsp3) is 1.00. The van der Waals surface area contributed by atoms with Crippen molar-refractivity contribution in [2.75, 3.05) is 13.2 Å². The van der Waals surface area contributed by atoms with Crippen molar-refractivity contribution >= 4 is 0 Å². The molecule has 1 aliphatic rings. The number of hydrogen-bond acceptors (Lipinski definition) is 2. The van der Waals surface area contributed by atoms with Crippen LogP contribution >= 0.6 is 0 Å². The first kappa shape index (κ1) is 8.02. The van der Waals surface area contributed by atoms with Crippen LogP contribution in [0.5, 0.6) is 0 Å². The lowest BCUT2D eigenvalue weighted by Gasteiger charge is -2.30. The molecule has 2 atom stereocenters. The average molecular weight is 144 g/mol. The highest BCUT2D eigenvalue weighted by atomic mass is 16.5. The van der Waals surface area contributed by atoms with Crippen LogP contribution in [-0.2, 0) is 4.74 Å².